The van der Waals surface area contributed by atoms with Gasteiger partial charge in [0.1, 0.15) is 23.4 Å². The number of esters is 1. The molecular formula is C27H21FN2O4S. The van der Waals surface area contributed by atoms with Crippen molar-refractivity contribution in [3.05, 3.63) is 120 Å². The number of nitrogens with zero attached hydrogens (tertiary/aromatic N) is 2. The maximum absolute atomic E-state index is 14.3. The van der Waals surface area contributed by atoms with E-state index in [1.165, 1.54) is 16.7 Å². The third kappa shape index (κ3) is 4.17. The Hall–Kier alpha value is -4.04. The van der Waals surface area contributed by atoms with E-state index in [1.54, 1.807) is 44.2 Å². The van der Waals surface area contributed by atoms with Gasteiger partial charge in [-0.25, -0.2) is 14.2 Å². The normalized spacial score (nSPS) is 15.6. The molecule has 0 N–H and O–H groups in total. The lowest BCUT2D eigenvalue weighted by atomic mass is 9.97. The number of hydrogen-bond donors (Lipinski definition) is 0. The van der Waals surface area contributed by atoms with Gasteiger partial charge in [0.2, 0.25) is 0 Å². The number of thiazole rings is 1. The van der Waals surface area contributed by atoms with Crippen molar-refractivity contribution in [1.29, 1.82) is 0 Å². The Labute approximate surface area is 203 Å². The average Bonchev–Trinajstić information content (AvgIpc) is 3.43. The number of furan rings is 1. The predicted octanol–water partition coefficient (Wildman–Crippen LogP) is 3.98. The lowest BCUT2D eigenvalue weighted by Crippen LogP contribution is -2.39. The van der Waals surface area contributed by atoms with Crippen LogP contribution in [0.2, 0.25) is 0 Å². The second kappa shape index (κ2) is 9.31. The van der Waals surface area contributed by atoms with Gasteiger partial charge < -0.3 is 9.15 Å². The zero-order chi connectivity index (χ0) is 24.5. The molecule has 35 heavy (non-hydrogen) atoms. The average molecular weight is 489 g/mol. The Kier molecular flexibility index (Phi) is 6.05. The third-order valence-corrected chi connectivity index (χ3v) is 6.58. The van der Waals surface area contributed by atoms with Gasteiger partial charge in [-0.3, -0.25) is 9.36 Å². The number of fused-ring (bicyclic) bond motifs is 1. The number of benzene rings is 2. The summed E-state index contributed by atoms with van der Waals surface area (Å²) in [4.78, 5) is 32.0. The smallest absolute Gasteiger partial charge is 0.338 e. The lowest BCUT2D eigenvalue weighted by molar-refractivity contribution is -0.139. The summed E-state index contributed by atoms with van der Waals surface area (Å²) >= 11 is 1.13. The first-order valence-electron chi connectivity index (χ1n) is 11.1. The van der Waals surface area contributed by atoms with Crippen molar-refractivity contribution in [1.82, 2.24) is 4.57 Å². The van der Waals surface area contributed by atoms with Crippen molar-refractivity contribution in [3.63, 3.8) is 0 Å². The van der Waals surface area contributed by atoms with Gasteiger partial charge in [-0.05, 0) is 38.1 Å². The number of hydrogen-bond acceptors (Lipinski definition) is 6. The first-order valence-corrected chi connectivity index (χ1v) is 11.9. The Morgan fingerprint density at radius 3 is 2.57 bits per heavy atom. The minimum atomic E-state index is -0.892. The molecular weight excluding hydrogens is 467 g/mol. The van der Waals surface area contributed by atoms with Gasteiger partial charge in [0.25, 0.3) is 5.56 Å². The Morgan fingerprint density at radius 2 is 1.89 bits per heavy atom. The number of ether oxygens (including phenoxy) is 1. The van der Waals surface area contributed by atoms with Crippen LogP contribution in [-0.2, 0) is 9.53 Å². The molecule has 4 aromatic rings. The fraction of sp³-hybridized carbons (Fsp3) is 0.148. The summed E-state index contributed by atoms with van der Waals surface area (Å²) in [5.41, 5.74) is 1.20. The third-order valence-electron chi connectivity index (χ3n) is 5.60. The lowest BCUT2D eigenvalue weighted by Gasteiger charge is -2.24. The van der Waals surface area contributed by atoms with Crippen molar-refractivity contribution in [3.8, 4) is 0 Å². The molecule has 1 aliphatic rings. The quantitative estimate of drug-likeness (QED) is 0.399. The van der Waals surface area contributed by atoms with Crippen LogP contribution in [0.15, 0.2) is 86.5 Å². The minimum absolute atomic E-state index is 0.159. The fourth-order valence-electron chi connectivity index (χ4n) is 4.04. The number of aryl methyl sites for hydroxylation is 1. The second-order valence-electron chi connectivity index (χ2n) is 7.90. The van der Waals surface area contributed by atoms with E-state index in [0.29, 0.717) is 32.1 Å². The van der Waals surface area contributed by atoms with E-state index in [0.717, 1.165) is 11.3 Å². The van der Waals surface area contributed by atoms with Crippen LogP contribution in [0, 0.1) is 12.7 Å². The number of carbonyl (C=O) groups excluding carboxylic acids is 1. The standard InChI is InChI=1S/C27H21FN2O4S/c1-3-33-26(32)22-23(17-9-5-4-6-10-17)29-27-30(24(22)20-14-13-16(2)34-20)25(31)21(35-27)15-18-11-7-8-12-19(18)28/h4-15,24H,3H2,1-2H3. The molecule has 5 rings (SSSR count). The predicted molar refractivity (Wildman–Crippen MR) is 131 cm³/mol. The highest BCUT2D eigenvalue weighted by atomic mass is 32.1. The zero-order valence-electron chi connectivity index (χ0n) is 19.0. The Bertz CT molecular complexity index is 1630. The molecule has 0 spiro atoms. The van der Waals surface area contributed by atoms with Crippen molar-refractivity contribution in [2.75, 3.05) is 6.61 Å². The first-order chi connectivity index (χ1) is 17.0. The van der Waals surface area contributed by atoms with Gasteiger partial charge in [-0.15, -0.1) is 0 Å². The minimum Gasteiger partial charge on any atom is -0.464 e. The molecule has 0 bridgehead atoms. The molecule has 0 saturated carbocycles. The summed E-state index contributed by atoms with van der Waals surface area (Å²) < 4.78 is 27.4. The van der Waals surface area contributed by atoms with E-state index in [1.807, 2.05) is 30.3 Å². The van der Waals surface area contributed by atoms with E-state index >= 15 is 0 Å². The molecule has 1 atom stereocenters. The maximum atomic E-state index is 14.3. The topological polar surface area (TPSA) is 73.8 Å². The summed E-state index contributed by atoms with van der Waals surface area (Å²) in [7, 11) is 0. The molecule has 176 valence electrons. The summed E-state index contributed by atoms with van der Waals surface area (Å²) in [6.07, 6.45) is 1.50. The van der Waals surface area contributed by atoms with Gasteiger partial charge in [0, 0.05) is 11.1 Å². The number of rotatable bonds is 5. The SMILES string of the molecule is CCOC(=O)C1=C(c2ccccc2)N=c2sc(=Cc3ccccc3F)c(=O)n2C1c1ccc(C)o1. The molecule has 1 unspecified atom stereocenters. The summed E-state index contributed by atoms with van der Waals surface area (Å²) in [5, 5.41) is 0. The van der Waals surface area contributed by atoms with E-state index in [-0.39, 0.29) is 17.7 Å². The maximum Gasteiger partial charge on any atom is 0.338 e. The number of aromatic nitrogens is 1. The summed E-state index contributed by atoms with van der Waals surface area (Å²) in [5.74, 6) is 0.0219. The Balaban J connectivity index is 1.84. The van der Waals surface area contributed by atoms with Gasteiger partial charge in [-0.2, -0.15) is 0 Å². The molecule has 8 heteroatoms. The summed E-state index contributed by atoms with van der Waals surface area (Å²) in [6, 6.07) is 18.1. The first kappa shape index (κ1) is 22.7. The van der Waals surface area contributed by atoms with Crippen molar-refractivity contribution < 1.29 is 18.3 Å². The van der Waals surface area contributed by atoms with Crippen molar-refractivity contribution in [2.45, 2.75) is 19.9 Å². The Morgan fingerprint density at radius 1 is 1.14 bits per heavy atom. The molecule has 0 aliphatic carbocycles. The molecule has 6 nitrogen and oxygen atoms in total. The number of carbonyl (C=O) groups is 1. The highest BCUT2D eigenvalue weighted by Crippen LogP contribution is 2.35. The summed E-state index contributed by atoms with van der Waals surface area (Å²) in [6.45, 7) is 3.67. The van der Waals surface area contributed by atoms with Crippen LogP contribution in [0.25, 0.3) is 11.8 Å². The molecule has 1 aliphatic heterocycles. The number of halogens is 1. The fourth-order valence-corrected chi connectivity index (χ4v) is 5.04. The van der Waals surface area contributed by atoms with Crippen LogP contribution < -0.4 is 14.9 Å². The van der Waals surface area contributed by atoms with Gasteiger partial charge in [-0.1, -0.05) is 59.9 Å². The molecule has 2 aromatic carbocycles. The molecule has 0 amide bonds. The van der Waals surface area contributed by atoms with E-state index in [2.05, 4.69) is 0 Å². The van der Waals surface area contributed by atoms with E-state index in [4.69, 9.17) is 14.1 Å². The van der Waals surface area contributed by atoms with Gasteiger partial charge in [0.05, 0.1) is 22.4 Å². The van der Waals surface area contributed by atoms with Crippen molar-refractivity contribution >= 4 is 29.1 Å². The second-order valence-corrected chi connectivity index (χ2v) is 8.91. The van der Waals surface area contributed by atoms with Crippen LogP contribution in [0.5, 0.6) is 0 Å². The van der Waals surface area contributed by atoms with Gasteiger partial charge >= 0.3 is 5.97 Å². The van der Waals surface area contributed by atoms with Crippen LogP contribution >= 0.6 is 11.3 Å². The molecule has 0 radical (unpaired) electrons. The van der Waals surface area contributed by atoms with Crippen molar-refractivity contribution in [2.24, 2.45) is 4.99 Å². The monoisotopic (exact) mass is 488 g/mol. The van der Waals surface area contributed by atoms with Crippen LogP contribution in [0.4, 0.5) is 4.39 Å². The van der Waals surface area contributed by atoms with Crippen LogP contribution in [-0.4, -0.2) is 17.1 Å². The molecule has 0 fully saturated rings. The highest BCUT2D eigenvalue weighted by molar-refractivity contribution is 7.07. The van der Waals surface area contributed by atoms with Gasteiger partial charge in [0.15, 0.2) is 4.80 Å². The van der Waals surface area contributed by atoms with E-state index in [9.17, 15) is 14.0 Å². The molecule has 0 saturated heterocycles. The van der Waals surface area contributed by atoms with E-state index < -0.39 is 23.4 Å². The molecule has 3 heterocycles. The van der Waals surface area contributed by atoms with Crippen LogP contribution in [0.1, 0.15) is 35.6 Å². The zero-order valence-corrected chi connectivity index (χ0v) is 19.8. The molecule has 2 aromatic heterocycles. The largest absolute Gasteiger partial charge is 0.464 e. The highest BCUT2D eigenvalue weighted by Gasteiger charge is 2.37. The van der Waals surface area contributed by atoms with Crippen LogP contribution in [0.3, 0.4) is 0 Å².